The van der Waals surface area contributed by atoms with Crippen LogP contribution in [0.2, 0.25) is 5.02 Å². The summed E-state index contributed by atoms with van der Waals surface area (Å²) < 4.78 is 13.9. The number of ketones is 1. The molecular formula is C14H9BrClFO. The zero-order chi connectivity index (χ0) is 13.3. The Morgan fingerprint density at radius 1 is 1.22 bits per heavy atom. The SMILES string of the molecule is Cc1ccc(F)cc1C(=O)c1cccc(Br)c1Cl. The Labute approximate surface area is 118 Å². The fourth-order valence-corrected chi connectivity index (χ4v) is 2.24. The molecule has 0 unspecified atom stereocenters. The molecule has 0 aliphatic carbocycles. The number of halogens is 3. The van der Waals surface area contributed by atoms with Crippen LogP contribution in [0.4, 0.5) is 4.39 Å². The summed E-state index contributed by atoms with van der Waals surface area (Å²) in [5, 5.41) is 0.339. The Balaban J connectivity index is 2.55. The first-order valence-corrected chi connectivity index (χ1v) is 6.42. The molecule has 0 N–H and O–H groups in total. The molecule has 0 aliphatic heterocycles. The lowest BCUT2D eigenvalue weighted by atomic mass is 9.99. The molecule has 2 rings (SSSR count). The van der Waals surface area contributed by atoms with Crippen LogP contribution in [0.15, 0.2) is 40.9 Å². The van der Waals surface area contributed by atoms with Gasteiger partial charge in [-0.25, -0.2) is 4.39 Å². The molecule has 0 radical (unpaired) electrons. The van der Waals surface area contributed by atoms with Crippen molar-refractivity contribution in [2.75, 3.05) is 0 Å². The minimum atomic E-state index is -0.435. The second kappa shape index (κ2) is 5.21. The van der Waals surface area contributed by atoms with Crippen LogP contribution in [0.5, 0.6) is 0 Å². The van der Waals surface area contributed by atoms with E-state index in [4.69, 9.17) is 11.6 Å². The second-order valence-electron chi connectivity index (χ2n) is 3.89. The van der Waals surface area contributed by atoms with Crippen molar-refractivity contribution in [2.24, 2.45) is 0 Å². The highest BCUT2D eigenvalue weighted by molar-refractivity contribution is 9.10. The van der Waals surface area contributed by atoms with Crippen molar-refractivity contribution in [1.29, 1.82) is 0 Å². The molecule has 0 fully saturated rings. The van der Waals surface area contributed by atoms with E-state index in [1.807, 2.05) is 0 Å². The van der Waals surface area contributed by atoms with Crippen LogP contribution in [-0.4, -0.2) is 5.78 Å². The van der Waals surface area contributed by atoms with Gasteiger partial charge < -0.3 is 0 Å². The van der Waals surface area contributed by atoms with Crippen LogP contribution in [0.25, 0.3) is 0 Å². The molecule has 4 heteroatoms. The molecule has 0 saturated heterocycles. The van der Waals surface area contributed by atoms with E-state index in [1.165, 1.54) is 12.1 Å². The van der Waals surface area contributed by atoms with Crippen molar-refractivity contribution in [3.8, 4) is 0 Å². The van der Waals surface area contributed by atoms with Crippen LogP contribution in [0.1, 0.15) is 21.5 Å². The lowest BCUT2D eigenvalue weighted by Crippen LogP contribution is -2.05. The predicted octanol–water partition coefficient (Wildman–Crippen LogP) is 4.78. The quantitative estimate of drug-likeness (QED) is 0.725. The van der Waals surface area contributed by atoms with Gasteiger partial charge in [0.2, 0.25) is 0 Å². The largest absolute Gasteiger partial charge is 0.289 e. The van der Waals surface area contributed by atoms with Crippen LogP contribution in [0.3, 0.4) is 0 Å². The van der Waals surface area contributed by atoms with E-state index in [2.05, 4.69) is 15.9 Å². The minimum absolute atomic E-state index is 0.279. The van der Waals surface area contributed by atoms with E-state index in [0.717, 1.165) is 5.56 Å². The Morgan fingerprint density at radius 2 is 1.94 bits per heavy atom. The molecule has 2 aromatic rings. The summed E-state index contributed by atoms with van der Waals surface area (Å²) in [6.45, 7) is 1.76. The zero-order valence-corrected chi connectivity index (χ0v) is 11.8. The maximum absolute atomic E-state index is 13.2. The third-order valence-electron chi connectivity index (χ3n) is 2.64. The highest BCUT2D eigenvalue weighted by Crippen LogP contribution is 2.28. The average molecular weight is 328 g/mol. The standard InChI is InChI=1S/C14H9BrClFO/c1-8-5-6-9(17)7-11(8)14(18)10-3-2-4-12(15)13(10)16/h2-7H,1H3. The average Bonchev–Trinajstić information content (AvgIpc) is 2.35. The molecule has 0 heterocycles. The van der Waals surface area contributed by atoms with Crippen molar-refractivity contribution >= 4 is 33.3 Å². The van der Waals surface area contributed by atoms with E-state index >= 15 is 0 Å². The number of hydrogen-bond acceptors (Lipinski definition) is 1. The number of rotatable bonds is 2. The smallest absolute Gasteiger partial charge is 0.194 e. The van der Waals surface area contributed by atoms with E-state index < -0.39 is 5.82 Å². The summed E-state index contributed by atoms with van der Waals surface area (Å²) in [5.74, 6) is -0.714. The van der Waals surface area contributed by atoms with E-state index in [1.54, 1.807) is 31.2 Å². The van der Waals surface area contributed by atoms with Crippen molar-refractivity contribution in [2.45, 2.75) is 6.92 Å². The molecule has 0 saturated carbocycles. The topological polar surface area (TPSA) is 17.1 Å². The first-order chi connectivity index (χ1) is 8.50. The summed E-state index contributed by atoms with van der Waals surface area (Å²) in [5.41, 5.74) is 1.41. The summed E-state index contributed by atoms with van der Waals surface area (Å²) in [4.78, 5) is 12.3. The highest BCUT2D eigenvalue weighted by atomic mass is 79.9. The maximum atomic E-state index is 13.2. The van der Waals surface area contributed by atoms with Gasteiger partial charge >= 0.3 is 0 Å². The van der Waals surface area contributed by atoms with Crippen LogP contribution >= 0.6 is 27.5 Å². The van der Waals surface area contributed by atoms with Gasteiger partial charge in [0.25, 0.3) is 0 Å². The Kier molecular flexibility index (Phi) is 3.83. The summed E-state index contributed by atoms with van der Waals surface area (Å²) in [6, 6.07) is 9.23. The minimum Gasteiger partial charge on any atom is -0.289 e. The molecule has 1 nitrogen and oxygen atoms in total. The number of hydrogen-bond donors (Lipinski definition) is 0. The van der Waals surface area contributed by atoms with Gasteiger partial charge in [0.05, 0.1) is 5.02 Å². The van der Waals surface area contributed by atoms with Gasteiger partial charge in [-0.2, -0.15) is 0 Å². The fraction of sp³-hybridized carbons (Fsp3) is 0.0714. The van der Waals surface area contributed by atoms with Crippen LogP contribution < -0.4 is 0 Å². The number of carbonyl (C=O) groups excluding carboxylic acids is 1. The molecule has 0 spiro atoms. The first-order valence-electron chi connectivity index (χ1n) is 5.25. The third kappa shape index (κ3) is 2.47. The molecular weight excluding hydrogens is 319 g/mol. The van der Waals surface area contributed by atoms with Crippen molar-refractivity contribution < 1.29 is 9.18 Å². The van der Waals surface area contributed by atoms with Gasteiger partial charge in [-0.1, -0.05) is 23.7 Å². The summed E-state index contributed by atoms with van der Waals surface area (Å²) in [6.07, 6.45) is 0. The highest BCUT2D eigenvalue weighted by Gasteiger charge is 2.16. The molecule has 0 bridgehead atoms. The first kappa shape index (κ1) is 13.2. The second-order valence-corrected chi connectivity index (χ2v) is 5.12. The van der Waals surface area contributed by atoms with Gasteiger partial charge in [0.1, 0.15) is 5.82 Å². The van der Waals surface area contributed by atoms with Crippen molar-refractivity contribution in [3.63, 3.8) is 0 Å². The van der Waals surface area contributed by atoms with Crippen molar-refractivity contribution in [1.82, 2.24) is 0 Å². The molecule has 0 aliphatic rings. The predicted molar refractivity (Wildman–Crippen MR) is 73.7 cm³/mol. The third-order valence-corrected chi connectivity index (χ3v) is 3.94. The summed E-state index contributed by atoms with van der Waals surface area (Å²) in [7, 11) is 0. The fourth-order valence-electron chi connectivity index (χ4n) is 1.66. The lowest BCUT2D eigenvalue weighted by molar-refractivity contribution is 0.103. The van der Waals surface area contributed by atoms with E-state index in [-0.39, 0.29) is 5.78 Å². The van der Waals surface area contributed by atoms with Crippen LogP contribution in [0, 0.1) is 12.7 Å². The molecule has 92 valence electrons. The van der Waals surface area contributed by atoms with E-state index in [9.17, 15) is 9.18 Å². The number of benzene rings is 2. The van der Waals surface area contributed by atoms with Gasteiger partial charge in [-0.3, -0.25) is 4.79 Å². The van der Waals surface area contributed by atoms with Crippen molar-refractivity contribution in [3.05, 3.63) is 68.4 Å². The van der Waals surface area contributed by atoms with Gasteiger partial charge in [0.15, 0.2) is 5.78 Å². The Bertz CT molecular complexity index is 621. The van der Waals surface area contributed by atoms with Gasteiger partial charge in [-0.15, -0.1) is 0 Å². The molecule has 2 aromatic carbocycles. The zero-order valence-electron chi connectivity index (χ0n) is 9.51. The lowest BCUT2D eigenvalue weighted by Gasteiger charge is -2.07. The number of carbonyl (C=O) groups is 1. The Hall–Kier alpha value is -1.19. The molecule has 0 amide bonds. The van der Waals surface area contributed by atoms with E-state index in [0.29, 0.717) is 20.6 Å². The molecule has 0 aromatic heterocycles. The summed E-state index contributed by atoms with van der Waals surface area (Å²) >= 11 is 9.33. The maximum Gasteiger partial charge on any atom is 0.194 e. The number of aryl methyl sites for hydroxylation is 1. The molecule has 0 atom stereocenters. The normalized spacial score (nSPS) is 10.4. The Morgan fingerprint density at radius 3 is 2.67 bits per heavy atom. The van der Waals surface area contributed by atoms with Gasteiger partial charge in [0, 0.05) is 15.6 Å². The van der Waals surface area contributed by atoms with Gasteiger partial charge in [-0.05, 0) is 52.7 Å². The van der Waals surface area contributed by atoms with Crippen LogP contribution in [-0.2, 0) is 0 Å². The monoisotopic (exact) mass is 326 g/mol. The molecule has 18 heavy (non-hydrogen) atoms.